The molecule has 4 aromatic rings. The topological polar surface area (TPSA) is 0 Å². The van der Waals surface area contributed by atoms with Gasteiger partial charge in [-0.2, -0.15) is 0 Å². The van der Waals surface area contributed by atoms with E-state index >= 15 is 0 Å². The molecule has 0 N–H and O–H groups in total. The molecule has 0 radical (unpaired) electrons. The Balaban J connectivity index is 1.66. The molecule has 0 atom stereocenters. The Kier molecular flexibility index (Phi) is 3.38. The van der Waals surface area contributed by atoms with Crippen molar-refractivity contribution in [2.24, 2.45) is 0 Å². The lowest BCUT2D eigenvalue weighted by atomic mass is 9.68. The molecule has 0 aromatic heterocycles. The first-order valence-electron chi connectivity index (χ1n) is 10.9. The Hall–Kier alpha value is -3.12. The highest BCUT2D eigenvalue weighted by Crippen LogP contribution is 2.59. The van der Waals surface area contributed by atoms with Gasteiger partial charge in [0.05, 0.1) is 0 Å². The normalized spacial score (nSPS) is 17.1. The van der Waals surface area contributed by atoms with Crippen LogP contribution >= 0.6 is 0 Å². The van der Waals surface area contributed by atoms with E-state index in [4.69, 9.17) is 0 Å². The zero-order chi connectivity index (χ0) is 20.7. The zero-order valence-electron chi connectivity index (χ0n) is 18.1. The summed E-state index contributed by atoms with van der Waals surface area (Å²) in [5, 5.41) is 2.81. The first-order valence-corrected chi connectivity index (χ1v) is 10.9. The third kappa shape index (κ3) is 2.17. The third-order valence-electron chi connectivity index (χ3n) is 7.42. The second-order valence-corrected chi connectivity index (χ2v) is 9.88. The van der Waals surface area contributed by atoms with Crippen LogP contribution in [0.1, 0.15) is 61.1 Å². The second-order valence-electron chi connectivity index (χ2n) is 9.88. The van der Waals surface area contributed by atoms with Crippen molar-refractivity contribution < 1.29 is 0 Å². The van der Waals surface area contributed by atoms with Crippen molar-refractivity contribution in [2.75, 3.05) is 0 Å². The maximum absolute atomic E-state index is 2.42. The van der Waals surface area contributed by atoms with E-state index in [1.54, 1.807) is 0 Å². The van der Waals surface area contributed by atoms with Crippen molar-refractivity contribution in [3.8, 4) is 11.1 Å². The van der Waals surface area contributed by atoms with Gasteiger partial charge in [-0.25, -0.2) is 0 Å². The Labute approximate surface area is 178 Å². The van der Waals surface area contributed by atoms with Crippen molar-refractivity contribution >= 4 is 22.9 Å². The minimum atomic E-state index is -0.0216. The Morgan fingerprint density at radius 2 is 1.17 bits per heavy atom. The maximum atomic E-state index is 2.42. The highest BCUT2D eigenvalue weighted by Gasteiger charge is 2.44. The van der Waals surface area contributed by atoms with Crippen LogP contribution in [-0.4, -0.2) is 0 Å². The molecule has 0 aliphatic heterocycles. The summed E-state index contributed by atoms with van der Waals surface area (Å²) in [5.74, 6) is 0. The molecule has 0 bridgehead atoms. The van der Waals surface area contributed by atoms with E-state index in [1.807, 2.05) is 0 Å². The van der Waals surface area contributed by atoms with Crippen molar-refractivity contribution in [1.82, 2.24) is 0 Å². The van der Waals surface area contributed by atoms with E-state index in [-0.39, 0.29) is 10.8 Å². The van der Waals surface area contributed by atoms with Gasteiger partial charge in [0.1, 0.15) is 0 Å². The molecule has 2 aliphatic carbocycles. The number of benzene rings is 4. The number of hydrogen-bond donors (Lipinski definition) is 0. The summed E-state index contributed by atoms with van der Waals surface area (Å²) in [4.78, 5) is 0. The van der Waals surface area contributed by atoms with Gasteiger partial charge in [0.2, 0.25) is 0 Å². The minimum absolute atomic E-state index is 0.0216. The van der Waals surface area contributed by atoms with Crippen LogP contribution in [-0.2, 0) is 10.8 Å². The predicted octanol–water partition coefficient (Wildman–Crippen LogP) is 7.96. The van der Waals surface area contributed by atoms with Crippen LogP contribution in [0.15, 0.2) is 72.8 Å². The fourth-order valence-electron chi connectivity index (χ4n) is 5.77. The Morgan fingerprint density at radius 3 is 1.90 bits per heavy atom. The highest BCUT2D eigenvalue weighted by atomic mass is 14.5. The van der Waals surface area contributed by atoms with Gasteiger partial charge in [-0.1, -0.05) is 107 Å². The first kappa shape index (κ1) is 17.7. The van der Waals surface area contributed by atoms with E-state index in [2.05, 4.69) is 113 Å². The third-order valence-corrected chi connectivity index (χ3v) is 7.42. The molecule has 0 saturated carbocycles. The van der Waals surface area contributed by atoms with Crippen LogP contribution in [0, 0.1) is 0 Å². The summed E-state index contributed by atoms with van der Waals surface area (Å²) >= 11 is 0. The molecule has 0 unspecified atom stereocenters. The molecule has 30 heavy (non-hydrogen) atoms. The number of hydrogen-bond acceptors (Lipinski definition) is 0. The summed E-state index contributed by atoms with van der Waals surface area (Å²) in [7, 11) is 0. The molecule has 0 nitrogen and oxygen atoms in total. The fourth-order valence-corrected chi connectivity index (χ4v) is 5.77. The lowest BCUT2D eigenvalue weighted by Crippen LogP contribution is -2.24. The summed E-state index contributed by atoms with van der Waals surface area (Å²) in [6.07, 6.45) is 4.47. The van der Waals surface area contributed by atoms with Gasteiger partial charge in [-0.15, -0.1) is 0 Å². The lowest BCUT2D eigenvalue weighted by molar-refractivity contribution is 0.639. The summed E-state index contributed by atoms with van der Waals surface area (Å²) in [6, 6.07) is 27.0. The maximum Gasteiger partial charge on any atom is 0.0159 e. The van der Waals surface area contributed by atoms with Gasteiger partial charge in [0.25, 0.3) is 0 Å². The monoisotopic (exact) mass is 386 g/mol. The van der Waals surface area contributed by atoms with Crippen LogP contribution in [0.5, 0.6) is 0 Å². The van der Waals surface area contributed by atoms with Gasteiger partial charge in [-0.05, 0) is 61.3 Å². The van der Waals surface area contributed by atoms with Gasteiger partial charge in [0.15, 0.2) is 0 Å². The smallest absolute Gasteiger partial charge is 0.0159 e. The average molecular weight is 387 g/mol. The van der Waals surface area contributed by atoms with Crippen LogP contribution in [0.2, 0.25) is 0 Å². The highest BCUT2D eigenvalue weighted by molar-refractivity contribution is 6.08. The molecule has 0 amide bonds. The first-order chi connectivity index (χ1) is 14.4. The van der Waals surface area contributed by atoms with Crippen molar-refractivity contribution in [1.29, 1.82) is 0 Å². The van der Waals surface area contributed by atoms with E-state index < -0.39 is 0 Å². The molecule has 146 valence electrons. The fraction of sp³-hybridized carbons (Fsp3) is 0.200. The molecule has 0 heterocycles. The van der Waals surface area contributed by atoms with E-state index in [1.165, 1.54) is 55.3 Å². The molecule has 4 aromatic carbocycles. The molecule has 0 spiro atoms. The van der Waals surface area contributed by atoms with E-state index in [0.717, 1.165) is 0 Å². The van der Waals surface area contributed by atoms with Gasteiger partial charge in [-0.3, -0.25) is 0 Å². The largest absolute Gasteiger partial charge is 0.0622 e. The van der Waals surface area contributed by atoms with Crippen LogP contribution in [0.3, 0.4) is 0 Å². The SMILES string of the molecule is CC1(C)c2cccc3c2-c2c1ccc1cc(C=Cc4ccccc4)cc(c21)C3(C)C. The quantitative estimate of drug-likeness (QED) is 0.307. The van der Waals surface area contributed by atoms with Crippen molar-refractivity contribution in [3.63, 3.8) is 0 Å². The van der Waals surface area contributed by atoms with Crippen molar-refractivity contribution in [3.05, 3.63) is 106 Å². The summed E-state index contributed by atoms with van der Waals surface area (Å²) in [6.45, 7) is 9.54. The van der Waals surface area contributed by atoms with E-state index in [0.29, 0.717) is 0 Å². The second kappa shape index (κ2) is 5.73. The standard InChI is InChI=1S/C30H26/c1-29(2)22-11-8-12-23-27(22)28-24(29)16-15-21-17-20(14-13-19-9-6-5-7-10-19)18-25(26(21)28)30(23,3)4/h5-18H,1-4H3. The molecule has 6 rings (SSSR count). The molecule has 0 saturated heterocycles. The van der Waals surface area contributed by atoms with Gasteiger partial charge >= 0.3 is 0 Å². The Bertz CT molecular complexity index is 1360. The minimum Gasteiger partial charge on any atom is -0.0622 e. The molecular formula is C30H26. The average Bonchev–Trinajstić information content (AvgIpc) is 2.99. The predicted molar refractivity (Wildman–Crippen MR) is 129 cm³/mol. The lowest BCUT2D eigenvalue weighted by Gasteiger charge is -2.35. The van der Waals surface area contributed by atoms with Gasteiger partial charge < -0.3 is 0 Å². The molecule has 2 aliphatic rings. The van der Waals surface area contributed by atoms with Crippen molar-refractivity contribution in [2.45, 2.75) is 38.5 Å². The Morgan fingerprint density at radius 1 is 0.533 bits per heavy atom. The van der Waals surface area contributed by atoms with Crippen LogP contribution in [0.4, 0.5) is 0 Å². The molecular weight excluding hydrogens is 360 g/mol. The molecule has 0 heteroatoms. The van der Waals surface area contributed by atoms with Crippen LogP contribution in [0.25, 0.3) is 34.1 Å². The van der Waals surface area contributed by atoms with Gasteiger partial charge in [0, 0.05) is 10.8 Å². The number of rotatable bonds is 2. The summed E-state index contributed by atoms with van der Waals surface area (Å²) in [5.41, 5.74) is 11.4. The van der Waals surface area contributed by atoms with Crippen LogP contribution < -0.4 is 0 Å². The van der Waals surface area contributed by atoms with E-state index in [9.17, 15) is 0 Å². The summed E-state index contributed by atoms with van der Waals surface area (Å²) < 4.78 is 0. The zero-order valence-corrected chi connectivity index (χ0v) is 18.1. The molecule has 0 fully saturated rings.